The minimum atomic E-state index is 0.00531. The second-order valence-corrected chi connectivity index (χ2v) is 6.65. The van der Waals surface area contributed by atoms with Crippen molar-refractivity contribution in [2.75, 3.05) is 44.2 Å². The van der Waals surface area contributed by atoms with Gasteiger partial charge in [0.05, 0.1) is 11.6 Å². The quantitative estimate of drug-likeness (QED) is 0.797. The number of hydrogen-bond donors (Lipinski definition) is 0. The van der Waals surface area contributed by atoms with Gasteiger partial charge in [0.1, 0.15) is 0 Å². The van der Waals surface area contributed by atoms with Crippen LogP contribution in [0.3, 0.4) is 0 Å². The van der Waals surface area contributed by atoms with Crippen LogP contribution in [0.1, 0.15) is 25.5 Å². The molecule has 7 heteroatoms. The lowest BCUT2D eigenvalue weighted by Gasteiger charge is -2.39. The number of piperidine rings is 1. The van der Waals surface area contributed by atoms with Gasteiger partial charge >= 0.3 is 0 Å². The Kier molecular flexibility index (Phi) is 4.97. The topological polar surface area (TPSA) is 69.6 Å². The van der Waals surface area contributed by atoms with Crippen LogP contribution in [0.25, 0.3) is 0 Å². The molecule has 3 rings (SSSR count). The van der Waals surface area contributed by atoms with Crippen molar-refractivity contribution in [3.63, 3.8) is 0 Å². The van der Waals surface area contributed by atoms with E-state index in [4.69, 9.17) is 0 Å². The van der Waals surface area contributed by atoms with Gasteiger partial charge in [-0.15, -0.1) is 5.10 Å². The molecule has 1 atom stereocenters. The van der Waals surface area contributed by atoms with Gasteiger partial charge in [0.25, 0.3) is 0 Å². The number of aryl methyl sites for hydroxylation is 1. The van der Waals surface area contributed by atoms with E-state index < -0.39 is 0 Å². The van der Waals surface area contributed by atoms with Crippen molar-refractivity contribution in [2.45, 2.75) is 26.7 Å². The van der Waals surface area contributed by atoms with Crippen molar-refractivity contribution in [3.8, 4) is 0 Å². The molecule has 0 radical (unpaired) electrons. The van der Waals surface area contributed by atoms with Crippen LogP contribution in [0.2, 0.25) is 0 Å². The van der Waals surface area contributed by atoms with Gasteiger partial charge in [0.2, 0.25) is 11.8 Å². The number of carbonyl (C=O) groups is 2. The molecule has 0 bridgehead atoms. The Bertz CT molecular complexity index is 596. The van der Waals surface area contributed by atoms with Gasteiger partial charge in [0, 0.05) is 46.2 Å². The highest BCUT2D eigenvalue weighted by Gasteiger charge is 2.31. The van der Waals surface area contributed by atoms with Crippen LogP contribution >= 0.6 is 0 Å². The van der Waals surface area contributed by atoms with Gasteiger partial charge in [-0.1, -0.05) is 0 Å². The molecule has 7 nitrogen and oxygen atoms in total. The highest BCUT2D eigenvalue weighted by atomic mass is 16.2. The molecule has 0 N–H and O–H groups in total. The fraction of sp³-hybridized carbons (Fsp3) is 0.647. The summed E-state index contributed by atoms with van der Waals surface area (Å²) in [7, 11) is 0. The fourth-order valence-electron chi connectivity index (χ4n) is 3.45. The molecule has 2 aliphatic rings. The second kappa shape index (κ2) is 7.15. The van der Waals surface area contributed by atoms with E-state index >= 15 is 0 Å². The normalized spacial score (nSPS) is 21.8. The van der Waals surface area contributed by atoms with Crippen LogP contribution in [-0.4, -0.2) is 71.1 Å². The van der Waals surface area contributed by atoms with Crippen LogP contribution in [0.4, 0.5) is 5.82 Å². The smallest absolute Gasteiger partial charge is 0.227 e. The number of amides is 2. The summed E-state index contributed by atoms with van der Waals surface area (Å²) in [5.41, 5.74) is 0.895. The van der Waals surface area contributed by atoms with E-state index in [1.54, 1.807) is 11.8 Å². The third-order valence-corrected chi connectivity index (χ3v) is 4.92. The lowest BCUT2D eigenvalue weighted by atomic mass is 9.96. The van der Waals surface area contributed by atoms with Gasteiger partial charge < -0.3 is 14.7 Å². The summed E-state index contributed by atoms with van der Waals surface area (Å²) >= 11 is 0. The van der Waals surface area contributed by atoms with Gasteiger partial charge in [-0.25, -0.2) is 0 Å². The van der Waals surface area contributed by atoms with Crippen molar-refractivity contribution in [2.24, 2.45) is 5.92 Å². The van der Waals surface area contributed by atoms with Crippen molar-refractivity contribution >= 4 is 17.6 Å². The van der Waals surface area contributed by atoms with E-state index in [2.05, 4.69) is 15.1 Å². The van der Waals surface area contributed by atoms with E-state index in [0.29, 0.717) is 32.7 Å². The van der Waals surface area contributed by atoms with Crippen LogP contribution in [0.15, 0.2) is 12.1 Å². The molecule has 2 fully saturated rings. The predicted octanol–water partition coefficient (Wildman–Crippen LogP) is 0.692. The second-order valence-electron chi connectivity index (χ2n) is 6.65. The van der Waals surface area contributed by atoms with Crippen molar-refractivity contribution < 1.29 is 9.59 Å². The minimum Gasteiger partial charge on any atom is -0.354 e. The largest absolute Gasteiger partial charge is 0.354 e. The molecule has 0 saturated carbocycles. The summed E-state index contributed by atoms with van der Waals surface area (Å²) in [6.45, 7) is 7.67. The third kappa shape index (κ3) is 3.66. The maximum atomic E-state index is 12.8. The first-order chi connectivity index (χ1) is 11.5. The van der Waals surface area contributed by atoms with E-state index in [1.165, 1.54) is 0 Å². The highest BCUT2D eigenvalue weighted by Crippen LogP contribution is 2.23. The number of carbonyl (C=O) groups excluding carboxylic acids is 2. The summed E-state index contributed by atoms with van der Waals surface area (Å²) in [6, 6.07) is 3.93. The minimum absolute atomic E-state index is 0.00531. The van der Waals surface area contributed by atoms with Gasteiger partial charge in [-0.05, 0) is 31.9 Å². The molecule has 0 spiro atoms. The average Bonchev–Trinajstić information content (AvgIpc) is 2.62. The summed E-state index contributed by atoms with van der Waals surface area (Å²) in [5, 5.41) is 8.36. The highest BCUT2D eigenvalue weighted by molar-refractivity contribution is 5.80. The Balaban J connectivity index is 1.59. The van der Waals surface area contributed by atoms with Crippen LogP contribution in [0.5, 0.6) is 0 Å². The van der Waals surface area contributed by atoms with Crippen molar-refractivity contribution in [3.05, 3.63) is 17.8 Å². The van der Waals surface area contributed by atoms with Gasteiger partial charge in [0.15, 0.2) is 5.82 Å². The van der Waals surface area contributed by atoms with Crippen molar-refractivity contribution in [1.82, 2.24) is 20.0 Å². The van der Waals surface area contributed by atoms with Crippen LogP contribution in [-0.2, 0) is 9.59 Å². The number of anilines is 1. The summed E-state index contributed by atoms with van der Waals surface area (Å²) in [6.07, 6.45) is 1.90. The third-order valence-electron chi connectivity index (χ3n) is 4.92. The first kappa shape index (κ1) is 16.7. The van der Waals surface area contributed by atoms with Crippen LogP contribution < -0.4 is 4.90 Å². The molecule has 2 saturated heterocycles. The molecule has 24 heavy (non-hydrogen) atoms. The van der Waals surface area contributed by atoms with Gasteiger partial charge in [-0.2, -0.15) is 5.10 Å². The SMILES string of the molecule is CC(=O)N1CCN(C(=O)C2CCCN(c3ccc(C)nn3)C2)CC1. The Morgan fingerprint density at radius 2 is 1.75 bits per heavy atom. The number of aromatic nitrogens is 2. The summed E-state index contributed by atoms with van der Waals surface area (Å²) in [5.74, 6) is 1.15. The fourth-order valence-corrected chi connectivity index (χ4v) is 3.45. The average molecular weight is 331 g/mol. The van der Waals surface area contributed by atoms with Crippen LogP contribution in [0, 0.1) is 12.8 Å². The molecule has 1 aromatic heterocycles. The summed E-state index contributed by atoms with van der Waals surface area (Å²) in [4.78, 5) is 30.1. The first-order valence-electron chi connectivity index (χ1n) is 8.64. The van der Waals surface area contributed by atoms with Gasteiger partial charge in [-0.3, -0.25) is 9.59 Å². The lowest BCUT2D eigenvalue weighted by Crippen LogP contribution is -2.53. The zero-order chi connectivity index (χ0) is 17.1. The molecule has 3 heterocycles. The van der Waals surface area contributed by atoms with E-state index in [9.17, 15) is 9.59 Å². The monoisotopic (exact) mass is 331 g/mol. The molecule has 0 aromatic carbocycles. The zero-order valence-electron chi connectivity index (χ0n) is 14.4. The predicted molar refractivity (Wildman–Crippen MR) is 90.5 cm³/mol. The number of hydrogen-bond acceptors (Lipinski definition) is 5. The Morgan fingerprint density at radius 3 is 2.38 bits per heavy atom. The Hall–Kier alpha value is -2.18. The molecule has 1 aromatic rings. The maximum Gasteiger partial charge on any atom is 0.227 e. The standard InChI is InChI=1S/C17H25N5O2/c1-13-5-6-16(19-18-13)22-7-3-4-15(12-22)17(24)21-10-8-20(9-11-21)14(2)23/h5-6,15H,3-4,7-12H2,1-2H3. The Morgan fingerprint density at radius 1 is 1.04 bits per heavy atom. The maximum absolute atomic E-state index is 12.8. The lowest BCUT2D eigenvalue weighted by molar-refractivity contribution is -0.141. The molecule has 0 aliphatic carbocycles. The molecule has 130 valence electrons. The van der Waals surface area contributed by atoms with E-state index in [-0.39, 0.29) is 17.7 Å². The number of piperazine rings is 1. The molecular formula is C17H25N5O2. The first-order valence-corrected chi connectivity index (χ1v) is 8.64. The molecular weight excluding hydrogens is 306 g/mol. The molecule has 2 amide bonds. The molecule has 2 aliphatic heterocycles. The van der Waals surface area contributed by atoms with E-state index in [0.717, 1.165) is 30.9 Å². The van der Waals surface area contributed by atoms with Crippen molar-refractivity contribution in [1.29, 1.82) is 0 Å². The number of rotatable bonds is 2. The zero-order valence-corrected chi connectivity index (χ0v) is 14.4. The van der Waals surface area contributed by atoms with E-state index in [1.807, 2.05) is 24.0 Å². The molecule has 1 unspecified atom stereocenters. The Labute approximate surface area is 142 Å². The summed E-state index contributed by atoms with van der Waals surface area (Å²) < 4.78 is 0. The number of nitrogens with zero attached hydrogens (tertiary/aromatic N) is 5.